The monoisotopic (exact) mass is 409 g/mol. The molecular formula is C22H20BrNO2. The number of carbonyl (C=O) groups is 1. The van der Waals surface area contributed by atoms with Gasteiger partial charge in [-0.15, -0.1) is 0 Å². The lowest BCUT2D eigenvalue weighted by atomic mass is 9.98. The molecule has 3 nitrogen and oxygen atoms in total. The minimum Gasteiger partial charge on any atom is -0.445 e. The summed E-state index contributed by atoms with van der Waals surface area (Å²) in [4.78, 5) is 14.3. The molecule has 0 saturated carbocycles. The molecule has 1 amide bonds. The fourth-order valence-corrected chi connectivity index (χ4v) is 3.37. The fraction of sp³-hybridized carbons (Fsp3) is 0.136. The highest BCUT2D eigenvalue weighted by Gasteiger charge is 2.26. The van der Waals surface area contributed by atoms with Crippen molar-refractivity contribution in [3.05, 3.63) is 106 Å². The Hall–Kier alpha value is -2.59. The molecule has 0 aromatic heterocycles. The summed E-state index contributed by atoms with van der Waals surface area (Å²) in [6.07, 6.45) is -0.363. The topological polar surface area (TPSA) is 29.5 Å². The quantitative estimate of drug-likeness (QED) is 0.532. The lowest BCUT2D eigenvalue weighted by molar-refractivity contribution is 0.0960. The van der Waals surface area contributed by atoms with E-state index in [1.165, 1.54) is 0 Å². The van der Waals surface area contributed by atoms with Crippen LogP contribution < -0.4 is 0 Å². The highest BCUT2D eigenvalue weighted by molar-refractivity contribution is 9.10. The van der Waals surface area contributed by atoms with Crippen molar-refractivity contribution in [3.63, 3.8) is 0 Å². The number of amides is 1. The predicted molar refractivity (Wildman–Crippen MR) is 107 cm³/mol. The highest BCUT2D eigenvalue weighted by atomic mass is 79.9. The molecule has 0 saturated heterocycles. The number of rotatable bonds is 5. The van der Waals surface area contributed by atoms with Crippen LogP contribution in [-0.2, 0) is 11.3 Å². The molecule has 0 bridgehead atoms. The molecule has 0 heterocycles. The van der Waals surface area contributed by atoms with E-state index >= 15 is 0 Å². The first-order valence-corrected chi connectivity index (χ1v) is 9.19. The molecule has 0 aliphatic carbocycles. The van der Waals surface area contributed by atoms with Gasteiger partial charge in [-0.3, -0.25) is 0 Å². The zero-order chi connectivity index (χ0) is 18.4. The third-order valence-electron chi connectivity index (χ3n) is 4.20. The van der Waals surface area contributed by atoms with Crippen molar-refractivity contribution in [2.45, 2.75) is 12.6 Å². The third kappa shape index (κ3) is 4.33. The van der Waals surface area contributed by atoms with E-state index in [9.17, 15) is 4.79 Å². The summed E-state index contributed by atoms with van der Waals surface area (Å²) in [6, 6.07) is 27.3. The second kappa shape index (κ2) is 8.68. The van der Waals surface area contributed by atoms with Crippen molar-refractivity contribution in [2.24, 2.45) is 0 Å². The molecule has 1 atom stereocenters. The maximum Gasteiger partial charge on any atom is 0.410 e. The number of halogens is 1. The Morgan fingerprint density at radius 2 is 1.50 bits per heavy atom. The molecule has 0 N–H and O–H groups in total. The Balaban J connectivity index is 1.84. The minimum absolute atomic E-state index is 0.241. The number of benzene rings is 3. The average Bonchev–Trinajstić information content (AvgIpc) is 2.69. The summed E-state index contributed by atoms with van der Waals surface area (Å²) >= 11 is 3.61. The van der Waals surface area contributed by atoms with E-state index in [0.717, 1.165) is 21.2 Å². The second-order valence-electron chi connectivity index (χ2n) is 5.99. The van der Waals surface area contributed by atoms with Crippen LogP contribution >= 0.6 is 15.9 Å². The molecule has 0 radical (unpaired) electrons. The van der Waals surface area contributed by atoms with Crippen LogP contribution in [0, 0.1) is 0 Å². The van der Waals surface area contributed by atoms with E-state index in [4.69, 9.17) is 4.74 Å². The van der Waals surface area contributed by atoms with Gasteiger partial charge in [0.05, 0.1) is 6.04 Å². The first kappa shape index (κ1) is 18.2. The van der Waals surface area contributed by atoms with Crippen LogP contribution in [0.3, 0.4) is 0 Å². The Morgan fingerprint density at radius 3 is 2.15 bits per heavy atom. The molecule has 0 spiro atoms. The van der Waals surface area contributed by atoms with Crippen molar-refractivity contribution in [1.82, 2.24) is 4.90 Å². The summed E-state index contributed by atoms with van der Waals surface area (Å²) < 4.78 is 6.48. The molecule has 3 aromatic carbocycles. The van der Waals surface area contributed by atoms with Crippen LogP contribution in [-0.4, -0.2) is 18.0 Å². The van der Waals surface area contributed by atoms with Crippen molar-refractivity contribution < 1.29 is 9.53 Å². The van der Waals surface area contributed by atoms with Crippen LogP contribution in [0.1, 0.15) is 22.7 Å². The summed E-state index contributed by atoms with van der Waals surface area (Å²) in [7, 11) is 1.77. The predicted octanol–water partition coefficient (Wildman–Crippen LogP) is 5.81. The highest BCUT2D eigenvalue weighted by Crippen LogP contribution is 2.33. The van der Waals surface area contributed by atoms with E-state index in [-0.39, 0.29) is 18.7 Å². The molecule has 1 unspecified atom stereocenters. The maximum atomic E-state index is 12.7. The van der Waals surface area contributed by atoms with Gasteiger partial charge in [0.2, 0.25) is 0 Å². The van der Waals surface area contributed by atoms with E-state index in [1.54, 1.807) is 11.9 Å². The average molecular weight is 410 g/mol. The first-order chi connectivity index (χ1) is 12.7. The van der Waals surface area contributed by atoms with Crippen LogP contribution in [0.4, 0.5) is 4.79 Å². The minimum atomic E-state index is -0.363. The normalized spacial score (nSPS) is 11.6. The van der Waals surface area contributed by atoms with Crippen LogP contribution in [0.5, 0.6) is 0 Å². The molecule has 0 aliphatic heterocycles. The zero-order valence-electron chi connectivity index (χ0n) is 14.5. The summed E-state index contributed by atoms with van der Waals surface area (Å²) in [5.74, 6) is 0. The zero-order valence-corrected chi connectivity index (χ0v) is 16.1. The van der Waals surface area contributed by atoms with E-state index in [0.29, 0.717) is 0 Å². The standard InChI is InChI=1S/C22H20BrNO2/c1-24(22(25)26-16-17-10-4-2-5-11-17)21(18-12-6-3-7-13-18)19-14-8-9-15-20(19)23/h2-15,21H,16H2,1H3. The smallest absolute Gasteiger partial charge is 0.410 e. The maximum absolute atomic E-state index is 12.7. The van der Waals surface area contributed by atoms with Gasteiger partial charge in [-0.25, -0.2) is 4.79 Å². The number of carbonyl (C=O) groups excluding carboxylic acids is 1. The van der Waals surface area contributed by atoms with Gasteiger partial charge in [-0.1, -0.05) is 94.8 Å². The molecular weight excluding hydrogens is 390 g/mol. The van der Waals surface area contributed by atoms with Crippen molar-refractivity contribution in [1.29, 1.82) is 0 Å². The molecule has 3 rings (SSSR count). The van der Waals surface area contributed by atoms with Crippen LogP contribution in [0.2, 0.25) is 0 Å². The Labute approximate surface area is 162 Å². The number of hydrogen-bond acceptors (Lipinski definition) is 2. The van der Waals surface area contributed by atoms with E-state index in [1.807, 2.05) is 84.9 Å². The Morgan fingerprint density at radius 1 is 0.923 bits per heavy atom. The van der Waals surface area contributed by atoms with Gasteiger partial charge in [-0.2, -0.15) is 0 Å². The first-order valence-electron chi connectivity index (χ1n) is 8.39. The summed E-state index contributed by atoms with van der Waals surface area (Å²) in [5.41, 5.74) is 3.00. The SMILES string of the molecule is CN(C(=O)OCc1ccccc1)C(c1ccccc1)c1ccccc1Br. The van der Waals surface area contributed by atoms with Crippen molar-refractivity contribution >= 4 is 22.0 Å². The van der Waals surface area contributed by atoms with Gasteiger partial charge in [-0.05, 0) is 22.8 Å². The molecule has 0 aliphatic rings. The molecule has 132 valence electrons. The lowest BCUT2D eigenvalue weighted by Gasteiger charge is -2.29. The van der Waals surface area contributed by atoms with Gasteiger partial charge >= 0.3 is 6.09 Å². The largest absolute Gasteiger partial charge is 0.445 e. The fourth-order valence-electron chi connectivity index (χ4n) is 2.87. The van der Waals surface area contributed by atoms with Gasteiger partial charge in [0.15, 0.2) is 0 Å². The summed E-state index contributed by atoms with van der Waals surface area (Å²) in [5, 5.41) is 0. The van der Waals surface area contributed by atoms with Crippen LogP contribution in [0.15, 0.2) is 89.4 Å². The van der Waals surface area contributed by atoms with E-state index in [2.05, 4.69) is 15.9 Å². The van der Waals surface area contributed by atoms with Crippen molar-refractivity contribution in [2.75, 3.05) is 7.05 Å². The molecule has 3 aromatic rings. The Kier molecular flexibility index (Phi) is 6.08. The van der Waals surface area contributed by atoms with Crippen LogP contribution in [0.25, 0.3) is 0 Å². The lowest BCUT2D eigenvalue weighted by Crippen LogP contribution is -2.32. The van der Waals surface area contributed by atoms with Crippen molar-refractivity contribution in [3.8, 4) is 0 Å². The molecule has 0 fully saturated rings. The summed E-state index contributed by atoms with van der Waals surface area (Å²) in [6.45, 7) is 0.251. The second-order valence-corrected chi connectivity index (χ2v) is 6.84. The number of hydrogen-bond donors (Lipinski definition) is 0. The van der Waals surface area contributed by atoms with Gasteiger partial charge < -0.3 is 9.64 Å². The Bertz CT molecular complexity index is 852. The molecule has 4 heteroatoms. The number of nitrogens with zero attached hydrogens (tertiary/aromatic N) is 1. The van der Waals surface area contributed by atoms with Gasteiger partial charge in [0.25, 0.3) is 0 Å². The third-order valence-corrected chi connectivity index (χ3v) is 4.92. The van der Waals surface area contributed by atoms with E-state index < -0.39 is 0 Å². The van der Waals surface area contributed by atoms with Gasteiger partial charge in [0, 0.05) is 11.5 Å². The molecule has 26 heavy (non-hydrogen) atoms. The number of ether oxygens (including phenoxy) is 1. The van der Waals surface area contributed by atoms with Gasteiger partial charge in [0.1, 0.15) is 6.61 Å².